The molecule has 1 aliphatic rings. The molecule has 0 amide bonds. The molecule has 0 saturated carbocycles. The standard InChI is InChI=1S/C4H9N5/c1-3-2-6-9-4(7-3)8-5/h2,4,8-9H,5H2,1H3. The molecule has 0 aromatic rings. The number of rotatable bonds is 1. The summed E-state index contributed by atoms with van der Waals surface area (Å²) in [6.45, 7) is 1.86. The van der Waals surface area contributed by atoms with Crippen LogP contribution in [0, 0.1) is 0 Å². The van der Waals surface area contributed by atoms with Gasteiger partial charge in [0.2, 0.25) is 6.29 Å². The van der Waals surface area contributed by atoms with Gasteiger partial charge in [-0.25, -0.2) is 10.4 Å². The van der Waals surface area contributed by atoms with Crippen molar-refractivity contribution in [3.05, 3.63) is 0 Å². The van der Waals surface area contributed by atoms with Crippen molar-refractivity contribution in [2.75, 3.05) is 0 Å². The monoisotopic (exact) mass is 127 g/mol. The second kappa shape index (κ2) is 2.56. The van der Waals surface area contributed by atoms with Crippen molar-refractivity contribution in [1.29, 1.82) is 0 Å². The Balaban J connectivity index is 2.55. The molecule has 0 bridgehead atoms. The van der Waals surface area contributed by atoms with E-state index >= 15 is 0 Å². The number of hydrogen-bond acceptors (Lipinski definition) is 5. The largest absolute Gasteiger partial charge is 0.272 e. The number of hydrogen-bond donors (Lipinski definition) is 3. The molecule has 1 aliphatic heterocycles. The highest BCUT2D eigenvalue weighted by Gasteiger charge is 2.03. The summed E-state index contributed by atoms with van der Waals surface area (Å²) in [5.41, 5.74) is 5.92. The Morgan fingerprint density at radius 2 is 2.67 bits per heavy atom. The van der Waals surface area contributed by atoms with Gasteiger partial charge in [0.25, 0.3) is 0 Å². The normalized spacial score (nSPS) is 25.1. The fourth-order valence-electron chi connectivity index (χ4n) is 0.542. The molecular formula is C4H9N5. The summed E-state index contributed by atoms with van der Waals surface area (Å²) in [7, 11) is 0. The van der Waals surface area contributed by atoms with Crippen molar-refractivity contribution in [3.8, 4) is 0 Å². The van der Waals surface area contributed by atoms with Crippen molar-refractivity contribution in [2.45, 2.75) is 13.2 Å². The molecule has 1 unspecified atom stereocenters. The molecule has 0 fully saturated rings. The van der Waals surface area contributed by atoms with Crippen LogP contribution in [-0.2, 0) is 0 Å². The van der Waals surface area contributed by atoms with Crippen LogP contribution in [0.2, 0.25) is 0 Å². The average Bonchev–Trinajstić information content (AvgIpc) is 1.88. The van der Waals surface area contributed by atoms with Crippen LogP contribution in [0.25, 0.3) is 0 Å². The van der Waals surface area contributed by atoms with E-state index in [1.165, 1.54) is 0 Å². The summed E-state index contributed by atoms with van der Waals surface area (Å²) in [5.74, 6) is 5.07. The first-order valence-corrected chi connectivity index (χ1v) is 2.62. The van der Waals surface area contributed by atoms with Crippen LogP contribution in [0.5, 0.6) is 0 Å². The Bertz CT molecular complexity index is 149. The Hall–Kier alpha value is -0.940. The van der Waals surface area contributed by atoms with Crippen LogP contribution in [0.1, 0.15) is 6.92 Å². The molecule has 0 spiro atoms. The minimum Gasteiger partial charge on any atom is -0.272 e. The Morgan fingerprint density at radius 3 is 3.11 bits per heavy atom. The maximum atomic E-state index is 5.07. The topological polar surface area (TPSA) is 74.8 Å². The van der Waals surface area contributed by atoms with E-state index in [-0.39, 0.29) is 6.29 Å². The van der Waals surface area contributed by atoms with Gasteiger partial charge >= 0.3 is 0 Å². The fourth-order valence-corrected chi connectivity index (χ4v) is 0.542. The van der Waals surface area contributed by atoms with Crippen molar-refractivity contribution in [2.24, 2.45) is 15.9 Å². The van der Waals surface area contributed by atoms with Gasteiger partial charge in [0.15, 0.2) is 0 Å². The van der Waals surface area contributed by atoms with E-state index in [2.05, 4.69) is 20.9 Å². The van der Waals surface area contributed by atoms with E-state index in [4.69, 9.17) is 5.84 Å². The lowest BCUT2D eigenvalue weighted by molar-refractivity contribution is 0.460. The predicted octanol–water partition coefficient (Wildman–Crippen LogP) is -1.22. The van der Waals surface area contributed by atoms with Crippen LogP contribution < -0.4 is 16.7 Å². The first kappa shape index (κ1) is 6.18. The third kappa shape index (κ3) is 1.48. The zero-order valence-corrected chi connectivity index (χ0v) is 5.13. The van der Waals surface area contributed by atoms with E-state index in [0.717, 1.165) is 5.71 Å². The number of nitrogens with zero attached hydrogens (tertiary/aromatic N) is 2. The molecule has 5 nitrogen and oxygen atoms in total. The fraction of sp³-hybridized carbons (Fsp3) is 0.500. The molecule has 0 aliphatic carbocycles. The minimum atomic E-state index is -0.269. The maximum absolute atomic E-state index is 5.07. The van der Waals surface area contributed by atoms with Gasteiger partial charge in [-0.05, 0) is 6.92 Å². The minimum absolute atomic E-state index is 0.269. The lowest BCUT2D eigenvalue weighted by atomic mass is 10.4. The number of nitrogens with one attached hydrogen (secondary N) is 2. The first-order chi connectivity index (χ1) is 4.33. The Kier molecular flexibility index (Phi) is 1.76. The van der Waals surface area contributed by atoms with E-state index in [0.29, 0.717) is 0 Å². The lowest BCUT2D eigenvalue weighted by Gasteiger charge is -2.13. The summed E-state index contributed by atoms with van der Waals surface area (Å²) in [6.07, 6.45) is 1.36. The average molecular weight is 127 g/mol. The molecular weight excluding hydrogens is 118 g/mol. The molecule has 5 heteroatoms. The van der Waals surface area contributed by atoms with Crippen LogP contribution in [0.4, 0.5) is 0 Å². The predicted molar refractivity (Wildman–Crippen MR) is 35.8 cm³/mol. The van der Waals surface area contributed by atoms with Crippen LogP contribution in [0.3, 0.4) is 0 Å². The Labute approximate surface area is 53.0 Å². The second-order valence-corrected chi connectivity index (χ2v) is 1.73. The number of aliphatic imine (C=N–C) groups is 1. The highest BCUT2D eigenvalue weighted by Crippen LogP contribution is 1.85. The van der Waals surface area contributed by atoms with Gasteiger partial charge in [-0.3, -0.25) is 11.3 Å². The molecule has 0 saturated heterocycles. The zero-order valence-electron chi connectivity index (χ0n) is 5.13. The summed E-state index contributed by atoms with van der Waals surface area (Å²) < 4.78 is 0. The van der Waals surface area contributed by atoms with Crippen LogP contribution >= 0.6 is 0 Å². The first-order valence-electron chi connectivity index (χ1n) is 2.62. The quantitative estimate of drug-likeness (QED) is 0.305. The highest BCUT2D eigenvalue weighted by atomic mass is 15.5. The van der Waals surface area contributed by atoms with E-state index in [9.17, 15) is 0 Å². The lowest BCUT2D eigenvalue weighted by Crippen LogP contribution is -2.44. The molecule has 0 aromatic carbocycles. The number of hydrazone groups is 1. The van der Waals surface area contributed by atoms with E-state index in [1.807, 2.05) is 6.92 Å². The Morgan fingerprint density at radius 1 is 1.89 bits per heavy atom. The van der Waals surface area contributed by atoms with Gasteiger partial charge in [-0.15, -0.1) is 0 Å². The third-order valence-electron chi connectivity index (χ3n) is 0.939. The molecule has 1 rings (SSSR count). The third-order valence-corrected chi connectivity index (χ3v) is 0.939. The van der Waals surface area contributed by atoms with Crippen LogP contribution in [0.15, 0.2) is 10.1 Å². The molecule has 1 heterocycles. The van der Waals surface area contributed by atoms with Crippen molar-refractivity contribution >= 4 is 11.9 Å². The zero-order chi connectivity index (χ0) is 6.69. The van der Waals surface area contributed by atoms with Gasteiger partial charge in [0.05, 0.1) is 11.9 Å². The molecule has 9 heavy (non-hydrogen) atoms. The molecule has 0 aromatic heterocycles. The molecule has 0 radical (unpaired) electrons. The van der Waals surface area contributed by atoms with Gasteiger partial charge in [0.1, 0.15) is 0 Å². The smallest absolute Gasteiger partial charge is 0.200 e. The summed E-state index contributed by atoms with van der Waals surface area (Å²) in [6, 6.07) is 0. The number of hydrazine groups is 1. The van der Waals surface area contributed by atoms with Crippen molar-refractivity contribution in [3.63, 3.8) is 0 Å². The molecule has 4 N–H and O–H groups in total. The maximum Gasteiger partial charge on any atom is 0.200 e. The van der Waals surface area contributed by atoms with E-state index < -0.39 is 0 Å². The van der Waals surface area contributed by atoms with Crippen molar-refractivity contribution in [1.82, 2.24) is 10.9 Å². The van der Waals surface area contributed by atoms with Crippen LogP contribution in [-0.4, -0.2) is 18.2 Å². The van der Waals surface area contributed by atoms with Gasteiger partial charge < -0.3 is 0 Å². The molecule has 1 atom stereocenters. The second-order valence-electron chi connectivity index (χ2n) is 1.73. The number of nitrogens with two attached hydrogens (primary N) is 1. The van der Waals surface area contributed by atoms with E-state index in [1.54, 1.807) is 6.21 Å². The summed E-state index contributed by atoms with van der Waals surface area (Å²) in [4.78, 5) is 4.02. The summed E-state index contributed by atoms with van der Waals surface area (Å²) in [5, 5.41) is 3.76. The molecule has 50 valence electrons. The summed E-state index contributed by atoms with van der Waals surface area (Å²) >= 11 is 0. The van der Waals surface area contributed by atoms with Gasteiger partial charge in [-0.2, -0.15) is 5.10 Å². The SMILES string of the molecule is CC1=NC(NN)NN=C1. The highest BCUT2D eigenvalue weighted by molar-refractivity contribution is 6.29. The van der Waals surface area contributed by atoms with Gasteiger partial charge in [-0.1, -0.05) is 0 Å². The van der Waals surface area contributed by atoms with Gasteiger partial charge in [0, 0.05) is 0 Å². The van der Waals surface area contributed by atoms with Crippen molar-refractivity contribution < 1.29 is 0 Å².